The van der Waals surface area contributed by atoms with Crippen LogP contribution in [0.1, 0.15) is 60.3 Å². The second-order valence-corrected chi connectivity index (χ2v) is 13.7. The summed E-state index contributed by atoms with van der Waals surface area (Å²) in [5.74, 6) is -0.0723. The maximum Gasteiger partial charge on any atom is 0.339 e. The number of likely N-dealkylation sites (N-methyl/N-ethyl adjacent to an activating group) is 2. The highest BCUT2D eigenvalue weighted by molar-refractivity contribution is 5.98. The van der Waals surface area contributed by atoms with E-state index in [4.69, 9.17) is 8.83 Å². The Labute approximate surface area is 317 Å². The SMILES string of the molecule is C1N2CN3CN1CN(C2)C3.CCN(CC)CCc1c(C)c2ccc(O)c(C=O)c2oc1=O.CCN(CC)CCc1c(C)c2ccc(O)cc2oc1=O.Cl. The maximum atomic E-state index is 12.2. The molecule has 4 aliphatic rings. The number of nitrogens with zero attached hydrogens (tertiary/aromatic N) is 6. The first-order chi connectivity index (χ1) is 25.0. The molecule has 4 bridgehead atoms. The average molecular weight is 755 g/mol. The van der Waals surface area contributed by atoms with Crippen molar-refractivity contribution in [1.29, 1.82) is 0 Å². The van der Waals surface area contributed by atoms with Gasteiger partial charge in [0.25, 0.3) is 0 Å². The van der Waals surface area contributed by atoms with Crippen molar-refractivity contribution in [1.82, 2.24) is 29.4 Å². The Morgan fingerprint density at radius 1 is 0.679 bits per heavy atom. The van der Waals surface area contributed by atoms with Gasteiger partial charge < -0.3 is 28.8 Å². The number of aromatic hydroxyl groups is 2. The van der Waals surface area contributed by atoms with Crippen molar-refractivity contribution < 1.29 is 23.8 Å². The third-order valence-corrected chi connectivity index (χ3v) is 10.4. The fourth-order valence-corrected chi connectivity index (χ4v) is 7.39. The van der Waals surface area contributed by atoms with Gasteiger partial charge in [-0.25, -0.2) is 9.59 Å². The Morgan fingerprint density at radius 2 is 1.11 bits per heavy atom. The van der Waals surface area contributed by atoms with Crippen molar-refractivity contribution in [3.05, 3.63) is 79.0 Å². The first kappa shape index (κ1) is 41.9. The second-order valence-electron chi connectivity index (χ2n) is 13.7. The Hall–Kier alpha value is -3.82. The molecule has 53 heavy (non-hydrogen) atoms. The molecule has 0 unspecified atom stereocenters. The van der Waals surface area contributed by atoms with Crippen LogP contribution in [0.4, 0.5) is 0 Å². The van der Waals surface area contributed by atoms with Crippen LogP contribution < -0.4 is 11.3 Å². The van der Waals surface area contributed by atoms with Crippen LogP contribution in [-0.2, 0) is 12.8 Å². The van der Waals surface area contributed by atoms with Gasteiger partial charge in [-0.1, -0.05) is 27.7 Å². The van der Waals surface area contributed by atoms with E-state index in [1.807, 2.05) is 13.8 Å². The summed E-state index contributed by atoms with van der Waals surface area (Å²) in [4.78, 5) is 49.8. The predicted molar refractivity (Wildman–Crippen MR) is 210 cm³/mol. The average Bonchev–Trinajstić information content (AvgIpc) is 3.11. The number of halogens is 1. The van der Waals surface area contributed by atoms with Crippen LogP contribution in [0.25, 0.3) is 21.9 Å². The smallest absolute Gasteiger partial charge is 0.339 e. The highest BCUT2D eigenvalue weighted by atomic mass is 35.5. The van der Waals surface area contributed by atoms with E-state index in [9.17, 15) is 24.6 Å². The third-order valence-electron chi connectivity index (χ3n) is 10.4. The monoisotopic (exact) mass is 754 g/mol. The minimum absolute atomic E-state index is 0. The molecule has 2 aromatic heterocycles. The quantitative estimate of drug-likeness (QED) is 0.163. The number of hydrogen-bond acceptors (Lipinski definition) is 13. The van der Waals surface area contributed by atoms with E-state index in [-0.39, 0.29) is 40.7 Å². The maximum absolute atomic E-state index is 12.2. The van der Waals surface area contributed by atoms with Gasteiger partial charge in [-0.05, 0) is 88.3 Å². The molecule has 290 valence electrons. The van der Waals surface area contributed by atoms with Crippen LogP contribution in [0.2, 0.25) is 0 Å². The molecule has 2 aromatic carbocycles. The molecule has 0 amide bonds. The number of aldehydes is 1. The summed E-state index contributed by atoms with van der Waals surface area (Å²) in [5.41, 5.74) is 3.00. The third kappa shape index (κ3) is 9.84. The standard InChI is InChI=1S/C17H21NO4.C16H21NO3.C6H12N4.ClH/c1-4-18(5-2)9-8-13-11(3)12-6-7-15(20)14(10-19)16(12)22-17(13)21;1-4-17(5-2)9-8-14-11(3)13-7-6-12(18)10-15(13)20-16(14)19;1-7-2-9-4-8(1)5-10(3-7)6-9;/h6-7,10,20H,4-5,8-9H2,1-3H3;6-7,10,18H,4-5,8-9H2,1-3H3;1-6H2;1H. The predicted octanol–water partition coefficient (Wildman–Crippen LogP) is 4.60. The summed E-state index contributed by atoms with van der Waals surface area (Å²) in [7, 11) is 0. The van der Waals surface area contributed by atoms with Crippen molar-refractivity contribution in [2.24, 2.45) is 0 Å². The van der Waals surface area contributed by atoms with E-state index in [0.717, 1.165) is 61.3 Å². The molecule has 0 spiro atoms. The second kappa shape index (κ2) is 19.0. The van der Waals surface area contributed by atoms with Crippen molar-refractivity contribution in [3.63, 3.8) is 0 Å². The molecule has 8 rings (SSSR count). The van der Waals surface area contributed by atoms with Gasteiger partial charge in [0.2, 0.25) is 0 Å². The van der Waals surface area contributed by atoms with Gasteiger partial charge in [0.1, 0.15) is 17.1 Å². The minimum atomic E-state index is -0.439. The first-order valence-electron chi connectivity index (χ1n) is 18.3. The number of phenols is 2. The first-order valence-corrected chi connectivity index (χ1v) is 18.3. The Morgan fingerprint density at radius 3 is 1.57 bits per heavy atom. The van der Waals surface area contributed by atoms with E-state index in [1.165, 1.54) is 52.1 Å². The summed E-state index contributed by atoms with van der Waals surface area (Å²) < 4.78 is 10.6. The van der Waals surface area contributed by atoms with Crippen molar-refractivity contribution in [2.75, 3.05) is 79.3 Å². The van der Waals surface area contributed by atoms with Crippen LogP contribution in [0.5, 0.6) is 11.5 Å². The normalized spacial score (nSPS) is 19.8. The number of phenolic OH excluding ortho intramolecular Hbond substituents is 2. The summed E-state index contributed by atoms with van der Waals surface area (Å²) in [5, 5.41) is 20.7. The van der Waals surface area contributed by atoms with Crippen LogP contribution in [0.3, 0.4) is 0 Å². The van der Waals surface area contributed by atoms with Gasteiger partial charge >= 0.3 is 11.3 Å². The fraction of sp³-hybridized carbons (Fsp3) is 0.513. The molecule has 6 heterocycles. The van der Waals surface area contributed by atoms with Crippen LogP contribution in [-0.4, -0.2) is 125 Å². The molecule has 0 atom stereocenters. The van der Waals surface area contributed by atoms with Gasteiger partial charge in [-0.3, -0.25) is 24.4 Å². The molecule has 4 aliphatic heterocycles. The Bertz CT molecular complexity index is 1920. The zero-order valence-corrected chi connectivity index (χ0v) is 32.7. The van der Waals surface area contributed by atoms with Gasteiger partial charge in [-0.2, -0.15) is 0 Å². The minimum Gasteiger partial charge on any atom is -0.508 e. The Kier molecular flexibility index (Phi) is 15.0. The van der Waals surface area contributed by atoms with E-state index in [2.05, 4.69) is 57.1 Å². The molecule has 13 nitrogen and oxygen atoms in total. The van der Waals surface area contributed by atoms with Gasteiger partial charge in [-0.15, -0.1) is 12.4 Å². The number of carbonyl (C=O) groups excluding carboxylic acids is 1. The number of carbonyl (C=O) groups is 1. The van der Waals surface area contributed by atoms with Crippen LogP contribution >= 0.6 is 12.4 Å². The molecule has 2 N–H and O–H groups in total. The molecule has 4 aromatic rings. The lowest BCUT2D eigenvalue weighted by Gasteiger charge is -2.56. The number of aryl methyl sites for hydroxylation is 2. The molecule has 14 heteroatoms. The zero-order chi connectivity index (χ0) is 37.5. The van der Waals surface area contributed by atoms with Crippen molar-refractivity contribution in [2.45, 2.75) is 54.4 Å². The lowest BCUT2D eigenvalue weighted by atomic mass is 10.0. The molecular weight excluding hydrogens is 700 g/mol. The fourth-order valence-electron chi connectivity index (χ4n) is 7.39. The molecule has 0 saturated carbocycles. The molecular formula is C39H55ClN6O7. The van der Waals surface area contributed by atoms with Crippen molar-refractivity contribution in [3.8, 4) is 11.5 Å². The summed E-state index contributed by atoms with van der Waals surface area (Å²) in [6, 6.07) is 8.02. The van der Waals surface area contributed by atoms with Gasteiger partial charge in [0.05, 0.1) is 45.6 Å². The van der Waals surface area contributed by atoms with E-state index >= 15 is 0 Å². The highest BCUT2D eigenvalue weighted by Gasteiger charge is 2.36. The molecule has 4 fully saturated rings. The summed E-state index contributed by atoms with van der Waals surface area (Å²) in [6.45, 7) is 24.7. The highest BCUT2D eigenvalue weighted by Crippen LogP contribution is 2.28. The molecule has 0 radical (unpaired) electrons. The molecule has 0 aliphatic carbocycles. The number of fused-ring (bicyclic) bond motifs is 2. The number of rotatable bonds is 11. The van der Waals surface area contributed by atoms with Gasteiger partial charge in [0, 0.05) is 41.1 Å². The van der Waals surface area contributed by atoms with Crippen molar-refractivity contribution >= 4 is 40.6 Å². The number of hydrogen-bond donors (Lipinski definition) is 2. The van der Waals surface area contributed by atoms with Crippen LogP contribution in [0.15, 0.2) is 48.8 Å². The van der Waals surface area contributed by atoms with E-state index in [0.29, 0.717) is 35.7 Å². The van der Waals surface area contributed by atoms with Gasteiger partial charge in [0.15, 0.2) is 11.9 Å². The summed E-state index contributed by atoms with van der Waals surface area (Å²) in [6.07, 6.45) is 1.80. The van der Waals surface area contributed by atoms with E-state index in [1.54, 1.807) is 18.2 Å². The Balaban J connectivity index is 0.000000186. The largest absolute Gasteiger partial charge is 0.508 e. The lowest BCUT2D eigenvalue weighted by molar-refractivity contribution is -0.194. The van der Waals surface area contributed by atoms with Crippen LogP contribution in [0, 0.1) is 13.8 Å². The van der Waals surface area contributed by atoms with E-state index < -0.39 is 5.63 Å². The lowest BCUT2D eigenvalue weighted by Crippen LogP contribution is -2.71. The number of benzene rings is 2. The zero-order valence-electron chi connectivity index (χ0n) is 31.9. The summed E-state index contributed by atoms with van der Waals surface area (Å²) >= 11 is 0. The topological polar surface area (TPSA) is 137 Å². The molecule has 4 saturated heterocycles.